The Hall–Kier alpha value is -0.810. The van der Waals surface area contributed by atoms with Gasteiger partial charge in [-0.15, -0.1) is 0 Å². The molecule has 0 bridgehead atoms. The summed E-state index contributed by atoms with van der Waals surface area (Å²) in [7, 11) is 0. The molecule has 1 aromatic rings. The molecule has 2 unspecified atom stereocenters. The lowest BCUT2D eigenvalue weighted by Crippen LogP contribution is -2.25. The SMILES string of the molecule is CC(CCCC(C)C(=O)O)NCc1ccc(Br)o1. The molecule has 0 amide bonds. The first kappa shape index (κ1) is 15.2. The van der Waals surface area contributed by atoms with Crippen LogP contribution in [-0.4, -0.2) is 17.1 Å². The van der Waals surface area contributed by atoms with Crippen molar-refractivity contribution in [2.24, 2.45) is 5.92 Å². The van der Waals surface area contributed by atoms with Gasteiger partial charge in [-0.1, -0.05) is 13.3 Å². The summed E-state index contributed by atoms with van der Waals surface area (Å²) in [6.45, 7) is 4.55. The second-order valence-corrected chi connectivity index (χ2v) is 5.44. The van der Waals surface area contributed by atoms with Crippen molar-refractivity contribution >= 4 is 21.9 Å². The van der Waals surface area contributed by atoms with Crippen LogP contribution in [-0.2, 0) is 11.3 Å². The van der Waals surface area contributed by atoms with E-state index in [2.05, 4.69) is 28.2 Å². The summed E-state index contributed by atoms with van der Waals surface area (Å²) < 4.78 is 6.12. The summed E-state index contributed by atoms with van der Waals surface area (Å²) in [5.74, 6) is -0.0677. The molecule has 0 aliphatic carbocycles. The fourth-order valence-corrected chi connectivity index (χ4v) is 2.02. The van der Waals surface area contributed by atoms with Gasteiger partial charge in [-0.2, -0.15) is 0 Å². The predicted octanol–water partition coefficient (Wildman–Crippen LogP) is 3.41. The van der Waals surface area contributed by atoms with Crippen LogP contribution in [0.15, 0.2) is 21.2 Å². The van der Waals surface area contributed by atoms with E-state index in [0.717, 1.165) is 29.7 Å². The van der Waals surface area contributed by atoms with Crippen LogP contribution in [0.3, 0.4) is 0 Å². The van der Waals surface area contributed by atoms with Gasteiger partial charge in [0.25, 0.3) is 0 Å². The summed E-state index contributed by atoms with van der Waals surface area (Å²) >= 11 is 3.26. The Kier molecular flexibility index (Phi) is 6.43. The van der Waals surface area contributed by atoms with E-state index in [1.54, 1.807) is 6.92 Å². The zero-order chi connectivity index (χ0) is 13.5. The minimum absolute atomic E-state index is 0.252. The fourth-order valence-electron chi connectivity index (χ4n) is 1.68. The molecule has 0 saturated heterocycles. The Labute approximate surface area is 116 Å². The van der Waals surface area contributed by atoms with Crippen LogP contribution in [0.25, 0.3) is 0 Å². The zero-order valence-electron chi connectivity index (χ0n) is 10.8. The van der Waals surface area contributed by atoms with Gasteiger partial charge in [0.1, 0.15) is 5.76 Å². The number of furan rings is 1. The third-order valence-corrected chi connectivity index (χ3v) is 3.38. The number of nitrogens with one attached hydrogen (secondary N) is 1. The predicted molar refractivity (Wildman–Crippen MR) is 73.4 cm³/mol. The van der Waals surface area contributed by atoms with E-state index in [9.17, 15) is 4.79 Å². The number of carboxylic acids is 1. The molecule has 0 aliphatic rings. The first-order chi connectivity index (χ1) is 8.49. The molecule has 5 heteroatoms. The van der Waals surface area contributed by atoms with Crippen LogP contribution in [0.1, 0.15) is 38.9 Å². The maximum absolute atomic E-state index is 10.7. The van der Waals surface area contributed by atoms with Crippen molar-refractivity contribution in [3.05, 3.63) is 22.6 Å². The van der Waals surface area contributed by atoms with E-state index in [1.165, 1.54) is 0 Å². The molecule has 0 aromatic carbocycles. The highest BCUT2D eigenvalue weighted by atomic mass is 79.9. The molecule has 2 atom stereocenters. The number of aliphatic carboxylic acids is 1. The van der Waals surface area contributed by atoms with Crippen LogP contribution in [0.4, 0.5) is 0 Å². The van der Waals surface area contributed by atoms with Crippen LogP contribution in [0.5, 0.6) is 0 Å². The molecule has 1 aromatic heterocycles. The molecule has 0 spiro atoms. The van der Waals surface area contributed by atoms with Crippen molar-refractivity contribution in [2.45, 2.75) is 45.7 Å². The topological polar surface area (TPSA) is 62.5 Å². The lowest BCUT2D eigenvalue weighted by Gasteiger charge is -2.13. The van der Waals surface area contributed by atoms with Crippen molar-refractivity contribution in [3.63, 3.8) is 0 Å². The standard InChI is InChI=1S/C13H20BrNO3/c1-9(13(16)17)4-3-5-10(2)15-8-11-6-7-12(14)18-11/h6-7,9-10,15H,3-5,8H2,1-2H3,(H,16,17). The van der Waals surface area contributed by atoms with Crippen molar-refractivity contribution in [1.29, 1.82) is 0 Å². The molecule has 0 fully saturated rings. The molecular weight excluding hydrogens is 298 g/mol. The van der Waals surface area contributed by atoms with Crippen molar-refractivity contribution < 1.29 is 14.3 Å². The first-order valence-electron chi connectivity index (χ1n) is 6.19. The number of rotatable bonds is 8. The molecule has 0 saturated carbocycles. The van der Waals surface area contributed by atoms with Gasteiger partial charge in [0.15, 0.2) is 4.67 Å². The van der Waals surface area contributed by atoms with Crippen molar-refractivity contribution in [2.75, 3.05) is 0 Å². The summed E-state index contributed by atoms with van der Waals surface area (Å²) in [5, 5.41) is 12.1. The molecule has 2 N–H and O–H groups in total. The minimum Gasteiger partial charge on any atom is -0.481 e. The van der Waals surface area contributed by atoms with Gasteiger partial charge in [0.05, 0.1) is 12.5 Å². The average molecular weight is 318 g/mol. The van der Waals surface area contributed by atoms with Gasteiger partial charge in [0, 0.05) is 6.04 Å². The first-order valence-corrected chi connectivity index (χ1v) is 6.98. The van der Waals surface area contributed by atoms with Crippen LogP contribution >= 0.6 is 15.9 Å². The molecule has 0 radical (unpaired) electrons. The molecular formula is C13H20BrNO3. The van der Waals surface area contributed by atoms with Gasteiger partial charge in [0.2, 0.25) is 0 Å². The van der Waals surface area contributed by atoms with E-state index < -0.39 is 5.97 Å². The monoisotopic (exact) mass is 317 g/mol. The highest BCUT2D eigenvalue weighted by Gasteiger charge is 2.11. The van der Waals surface area contributed by atoms with E-state index in [-0.39, 0.29) is 5.92 Å². The Balaban J connectivity index is 2.14. The average Bonchev–Trinajstić information content (AvgIpc) is 2.72. The summed E-state index contributed by atoms with van der Waals surface area (Å²) in [6, 6.07) is 4.15. The lowest BCUT2D eigenvalue weighted by molar-refractivity contribution is -0.141. The van der Waals surface area contributed by atoms with Gasteiger partial charge >= 0.3 is 5.97 Å². The number of halogens is 1. The van der Waals surface area contributed by atoms with Gasteiger partial charge < -0.3 is 14.8 Å². The van der Waals surface area contributed by atoms with E-state index >= 15 is 0 Å². The Morgan fingerprint density at radius 1 is 1.44 bits per heavy atom. The highest BCUT2D eigenvalue weighted by molar-refractivity contribution is 9.10. The van der Waals surface area contributed by atoms with Crippen LogP contribution in [0, 0.1) is 5.92 Å². The molecule has 18 heavy (non-hydrogen) atoms. The smallest absolute Gasteiger partial charge is 0.306 e. The van der Waals surface area contributed by atoms with E-state index in [1.807, 2.05) is 12.1 Å². The van der Waals surface area contributed by atoms with Gasteiger partial charge in [-0.05, 0) is 47.8 Å². The summed E-state index contributed by atoms with van der Waals surface area (Å²) in [4.78, 5) is 10.7. The normalized spacial score (nSPS) is 14.4. The van der Waals surface area contributed by atoms with Crippen molar-refractivity contribution in [3.8, 4) is 0 Å². The third-order valence-electron chi connectivity index (χ3n) is 2.95. The molecule has 4 nitrogen and oxygen atoms in total. The minimum atomic E-state index is -0.712. The number of hydrogen-bond donors (Lipinski definition) is 2. The van der Waals surface area contributed by atoms with Gasteiger partial charge in [-0.25, -0.2) is 0 Å². The Morgan fingerprint density at radius 2 is 2.17 bits per heavy atom. The largest absolute Gasteiger partial charge is 0.481 e. The third kappa shape index (κ3) is 5.69. The van der Waals surface area contributed by atoms with E-state index in [4.69, 9.17) is 9.52 Å². The number of carboxylic acid groups (broad SMARTS) is 1. The molecule has 1 heterocycles. The quantitative estimate of drug-likeness (QED) is 0.771. The van der Waals surface area contributed by atoms with Crippen LogP contribution < -0.4 is 5.32 Å². The summed E-state index contributed by atoms with van der Waals surface area (Å²) in [6.07, 6.45) is 2.62. The summed E-state index contributed by atoms with van der Waals surface area (Å²) in [5.41, 5.74) is 0. The van der Waals surface area contributed by atoms with Gasteiger partial charge in [-0.3, -0.25) is 4.79 Å². The fraction of sp³-hybridized carbons (Fsp3) is 0.615. The molecule has 0 aliphatic heterocycles. The Bertz CT molecular complexity index is 378. The maximum atomic E-state index is 10.7. The Morgan fingerprint density at radius 3 is 2.72 bits per heavy atom. The maximum Gasteiger partial charge on any atom is 0.306 e. The van der Waals surface area contributed by atoms with Crippen molar-refractivity contribution in [1.82, 2.24) is 5.32 Å². The number of carbonyl (C=O) groups is 1. The lowest BCUT2D eigenvalue weighted by atomic mass is 10.0. The second kappa shape index (κ2) is 7.59. The van der Waals surface area contributed by atoms with Crippen LogP contribution in [0.2, 0.25) is 0 Å². The highest BCUT2D eigenvalue weighted by Crippen LogP contribution is 2.14. The molecule has 1 rings (SSSR count). The second-order valence-electron chi connectivity index (χ2n) is 4.66. The van der Waals surface area contributed by atoms with E-state index in [0.29, 0.717) is 12.6 Å². The zero-order valence-corrected chi connectivity index (χ0v) is 12.4. The number of hydrogen-bond acceptors (Lipinski definition) is 3. The molecule has 102 valence electrons.